The zero-order valence-electron chi connectivity index (χ0n) is 10.6. The van der Waals surface area contributed by atoms with Crippen molar-refractivity contribution in [1.82, 2.24) is 20.1 Å². The van der Waals surface area contributed by atoms with Gasteiger partial charge in [-0.15, -0.1) is 0 Å². The fourth-order valence-corrected chi connectivity index (χ4v) is 1.85. The summed E-state index contributed by atoms with van der Waals surface area (Å²) >= 11 is 0. The molecule has 5 heteroatoms. The second-order valence-electron chi connectivity index (χ2n) is 4.10. The van der Waals surface area contributed by atoms with Crippen LogP contribution in [0.1, 0.15) is 28.7 Å². The molecule has 94 valence electrons. The lowest BCUT2D eigenvalue weighted by Crippen LogP contribution is -2.27. The van der Waals surface area contributed by atoms with E-state index in [1.54, 1.807) is 11.9 Å². The van der Waals surface area contributed by atoms with E-state index in [2.05, 4.69) is 15.2 Å². The first kappa shape index (κ1) is 12.3. The summed E-state index contributed by atoms with van der Waals surface area (Å²) in [5.41, 5.74) is 1.81. The van der Waals surface area contributed by atoms with Crippen molar-refractivity contribution in [2.45, 2.75) is 19.9 Å². The number of nitrogens with one attached hydrogen (secondary N) is 1. The lowest BCUT2D eigenvalue weighted by molar-refractivity contribution is 0.0780. The minimum atomic E-state index is 0.00356. The molecule has 0 fully saturated rings. The number of aryl methyl sites for hydroxylation is 1. The van der Waals surface area contributed by atoms with Gasteiger partial charge in [0.1, 0.15) is 12.2 Å². The zero-order chi connectivity index (χ0) is 13.0. The van der Waals surface area contributed by atoms with Crippen molar-refractivity contribution in [2.24, 2.45) is 0 Å². The summed E-state index contributed by atoms with van der Waals surface area (Å²) in [5.74, 6) is 0.684. The highest BCUT2D eigenvalue weighted by Crippen LogP contribution is 2.12. The average molecular weight is 244 g/mol. The van der Waals surface area contributed by atoms with Crippen LogP contribution in [-0.2, 0) is 13.0 Å². The number of carbonyl (C=O) groups is 1. The predicted octanol–water partition coefficient (Wildman–Crippen LogP) is 1.64. The Kier molecular flexibility index (Phi) is 3.72. The number of aromatic nitrogens is 3. The molecule has 0 spiro atoms. The Morgan fingerprint density at radius 3 is 2.83 bits per heavy atom. The highest BCUT2D eigenvalue weighted by Gasteiger charge is 2.15. The first-order valence-electron chi connectivity index (χ1n) is 5.90. The van der Waals surface area contributed by atoms with E-state index in [1.807, 2.05) is 31.2 Å². The highest BCUT2D eigenvalue weighted by atomic mass is 16.2. The minimum absolute atomic E-state index is 0.00356. The molecule has 0 bridgehead atoms. The van der Waals surface area contributed by atoms with Crippen molar-refractivity contribution in [3.05, 3.63) is 47.5 Å². The van der Waals surface area contributed by atoms with Gasteiger partial charge < -0.3 is 4.90 Å². The number of hydrogen-bond acceptors (Lipinski definition) is 3. The normalized spacial score (nSPS) is 10.3. The van der Waals surface area contributed by atoms with Crippen LogP contribution in [0.2, 0.25) is 0 Å². The van der Waals surface area contributed by atoms with E-state index in [1.165, 1.54) is 6.33 Å². The van der Waals surface area contributed by atoms with Gasteiger partial charge in [0, 0.05) is 12.6 Å². The van der Waals surface area contributed by atoms with Crippen molar-refractivity contribution in [3.8, 4) is 0 Å². The molecule has 1 amide bonds. The smallest absolute Gasteiger partial charge is 0.254 e. The van der Waals surface area contributed by atoms with Crippen molar-refractivity contribution in [3.63, 3.8) is 0 Å². The van der Waals surface area contributed by atoms with Crippen LogP contribution in [0.4, 0.5) is 0 Å². The first-order chi connectivity index (χ1) is 8.72. The Hall–Kier alpha value is -2.17. The minimum Gasteiger partial charge on any atom is -0.334 e. The van der Waals surface area contributed by atoms with Gasteiger partial charge in [0.15, 0.2) is 0 Å². The number of rotatable bonds is 4. The maximum Gasteiger partial charge on any atom is 0.254 e. The average Bonchev–Trinajstić information content (AvgIpc) is 2.90. The van der Waals surface area contributed by atoms with Crippen LogP contribution in [-0.4, -0.2) is 33.0 Å². The lowest BCUT2D eigenvalue weighted by Gasteiger charge is -2.17. The fourth-order valence-electron chi connectivity index (χ4n) is 1.85. The van der Waals surface area contributed by atoms with E-state index in [9.17, 15) is 4.79 Å². The number of aromatic amines is 1. The summed E-state index contributed by atoms with van der Waals surface area (Å²) in [6, 6.07) is 7.67. The molecule has 0 saturated carbocycles. The molecule has 5 nitrogen and oxygen atoms in total. The third kappa shape index (κ3) is 2.56. The highest BCUT2D eigenvalue weighted by molar-refractivity contribution is 5.95. The topological polar surface area (TPSA) is 61.9 Å². The maximum atomic E-state index is 12.3. The number of amides is 1. The third-order valence-electron chi connectivity index (χ3n) is 2.83. The summed E-state index contributed by atoms with van der Waals surface area (Å²) in [6.07, 6.45) is 2.28. The van der Waals surface area contributed by atoms with Crippen molar-refractivity contribution in [2.75, 3.05) is 7.05 Å². The van der Waals surface area contributed by atoms with Gasteiger partial charge in [0.05, 0.1) is 6.54 Å². The van der Waals surface area contributed by atoms with E-state index < -0.39 is 0 Å². The number of H-pyrrole nitrogens is 1. The second kappa shape index (κ2) is 5.44. The van der Waals surface area contributed by atoms with Crippen LogP contribution < -0.4 is 0 Å². The maximum absolute atomic E-state index is 12.3. The standard InChI is InChI=1S/C13H16N4O/c1-3-10-6-4-5-7-11(10)13(18)17(2)8-12-14-9-15-16-12/h4-7,9H,3,8H2,1-2H3,(H,14,15,16). The Bertz CT molecular complexity index is 522. The molecule has 1 N–H and O–H groups in total. The molecular formula is C13H16N4O. The van der Waals surface area contributed by atoms with Gasteiger partial charge in [-0.3, -0.25) is 9.89 Å². The van der Waals surface area contributed by atoms with Crippen LogP contribution in [0.5, 0.6) is 0 Å². The monoisotopic (exact) mass is 244 g/mol. The van der Waals surface area contributed by atoms with Gasteiger partial charge in [-0.2, -0.15) is 5.10 Å². The zero-order valence-corrected chi connectivity index (χ0v) is 10.6. The molecule has 0 atom stereocenters. The van der Waals surface area contributed by atoms with E-state index in [4.69, 9.17) is 0 Å². The quantitative estimate of drug-likeness (QED) is 0.889. The molecule has 0 saturated heterocycles. The largest absolute Gasteiger partial charge is 0.334 e. The van der Waals surface area contributed by atoms with Crippen LogP contribution in [0, 0.1) is 0 Å². The first-order valence-corrected chi connectivity index (χ1v) is 5.90. The SMILES string of the molecule is CCc1ccccc1C(=O)N(C)Cc1ncn[nH]1. The Balaban J connectivity index is 2.15. The number of hydrogen-bond donors (Lipinski definition) is 1. The van der Waals surface area contributed by atoms with E-state index in [0.717, 1.165) is 17.5 Å². The molecule has 18 heavy (non-hydrogen) atoms. The summed E-state index contributed by atoms with van der Waals surface area (Å²) in [5, 5.41) is 6.51. The molecule has 0 aliphatic heterocycles. The molecule has 1 heterocycles. The molecule has 0 unspecified atom stereocenters. The molecule has 2 rings (SSSR count). The van der Waals surface area contributed by atoms with Gasteiger partial charge in [-0.25, -0.2) is 4.98 Å². The molecule has 1 aromatic heterocycles. The van der Waals surface area contributed by atoms with Crippen molar-refractivity contribution in [1.29, 1.82) is 0 Å². The number of carbonyl (C=O) groups excluding carboxylic acids is 1. The molecule has 2 aromatic rings. The summed E-state index contributed by atoms with van der Waals surface area (Å²) in [4.78, 5) is 18.0. The summed E-state index contributed by atoms with van der Waals surface area (Å²) in [7, 11) is 1.76. The number of nitrogens with zero attached hydrogens (tertiary/aromatic N) is 3. The van der Waals surface area contributed by atoms with Gasteiger partial charge in [-0.05, 0) is 18.1 Å². The fraction of sp³-hybridized carbons (Fsp3) is 0.308. The molecule has 0 aliphatic rings. The van der Waals surface area contributed by atoms with Crippen LogP contribution in [0.25, 0.3) is 0 Å². The van der Waals surface area contributed by atoms with Gasteiger partial charge >= 0.3 is 0 Å². The summed E-state index contributed by atoms with van der Waals surface area (Å²) < 4.78 is 0. The second-order valence-corrected chi connectivity index (χ2v) is 4.10. The van der Waals surface area contributed by atoms with E-state index in [0.29, 0.717) is 12.4 Å². The van der Waals surface area contributed by atoms with Crippen LogP contribution in [0.15, 0.2) is 30.6 Å². The molecule has 1 aromatic carbocycles. The van der Waals surface area contributed by atoms with E-state index >= 15 is 0 Å². The van der Waals surface area contributed by atoms with Crippen LogP contribution in [0.3, 0.4) is 0 Å². The van der Waals surface area contributed by atoms with Crippen LogP contribution >= 0.6 is 0 Å². The third-order valence-corrected chi connectivity index (χ3v) is 2.83. The van der Waals surface area contributed by atoms with E-state index in [-0.39, 0.29) is 5.91 Å². The number of benzene rings is 1. The Morgan fingerprint density at radius 2 is 2.17 bits per heavy atom. The lowest BCUT2D eigenvalue weighted by atomic mass is 10.0. The summed E-state index contributed by atoms with van der Waals surface area (Å²) in [6.45, 7) is 2.47. The predicted molar refractivity (Wildman–Crippen MR) is 68.0 cm³/mol. The van der Waals surface area contributed by atoms with Gasteiger partial charge in [0.25, 0.3) is 5.91 Å². The molecular weight excluding hydrogens is 228 g/mol. The van der Waals surface area contributed by atoms with Crippen molar-refractivity contribution >= 4 is 5.91 Å². The Labute approximate surface area is 106 Å². The molecule has 0 aliphatic carbocycles. The van der Waals surface area contributed by atoms with Crippen molar-refractivity contribution < 1.29 is 4.79 Å². The van der Waals surface area contributed by atoms with Gasteiger partial charge in [-0.1, -0.05) is 25.1 Å². The van der Waals surface area contributed by atoms with Gasteiger partial charge in [0.2, 0.25) is 0 Å². The molecule has 0 radical (unpaired) electrons. The Morgan fingerprint density at radius 1 is 1.39 bits per heavy atom.